The van der Waals surface area contributed by atoms with E-state index in [9.17, 15) is 19.7 Å². The second-order valence-electron chi connectivity index (χ2n) is 5.92. The highest BCUT2D eigenvalue weighted by Gasteiger charge is 2.37. The number of amides is 1. The van der Waals surface area contributed by atoms with Gasteiger partial charge in [-0.1, -0.05) is 12.1 Å². The Kier molecular flexibility index (Phi) is 5.38. The number of carbonyl (C=O) groups excluding carboxylic acids is 1. The molecule has 0 aliphatic carbocycles. The van der Waals surface area contributed by atoms with Gasteiger partial charge in [-0.3, -0.25) is 14.9 Å². The topological polar surface area (TPSA) is 139 Å². The third-order valence-corrected chi connectivity index (χ3v) is 3.84. The van der Waals surface area contributed by atoms with Gasteiger partial charge in [0.05, 0.1) is 11.0 Å². The molecule has 0 aromatic heterocycles. The molecule has 25 heavy (non-hydrogen) atoms. The Labute approximate surface area is 143 Å². The maximum Gasteiger partial charge on any atom is 0.506 e. The van der Waals surface area contributed by atoms with Crippen LogP contribution >= 0.6 is 0 Å². The molecule has 1 aromatic carbocycles. The predicted molar refractivity (Wildman–Crippen MR) is 86.0 cm³/mol. The molecule has 1 aromatic rings. The molecule has 1 fully saturated rings. The summed E-state index contributed by atoms with van der Waals surface area (Å²) in [5, 5.41) is 31.3. The molecule has 1 aliphatic rings. The van der Waals surface area contributed by atoms with Crippen LogP contribution in [0.1, 0.15) is 18.9 Å². The van der Waals surface area contributed by atoms with Gasteiger partial charge < -0.3 is 20.3 Å². The maximum absolute atomic E-state index is 11.7. The largest absolute Gasteiger partial charge is 0.506 e. The average Bonchev–Trinajstić information content (AvgIpc) is 2.52. The number of nitrogens with zero attached hydrogens (tertiary/aromatic N) is 1. The van der Waals surface area contributed by atoms with E-state index >= 15 is 0 Å². The molecule has 2 rings (SSSR count). The van der Waals surface area contributed by atoms with Gasteiger partial charge in [0.1, 0.15) is 5.60 Å². The summed E-state index contributed by atoms with van der Waals surface area (Å²) in [6.45, 7) is 1.39. The fourth-order valence-electron chi connectivity index (χ4n) is 2.71. The van der Waals surface area contributed by atoms with Gasteiger partial charge in [-0.05, 0) is 25.0 Å². The number of nitro groups is 1. The van der Waals surface area contributed by atoms with E-state index in [4.69, 9.17) is 14.9 Å². The smallest absolute Gasteiger partial charge is 0.450 e. The maximum atomic E-state index is 11.7. The van der Waals surface area contributed by atoms with Gasteiger partial charge in [-0.2, -0.15) is 0 Å². The Morgan fingerprint density at radius 3 is 2.56 bits per heavy atom. The van der Waals surface area contributed by atoms with Crippen LogP contribution in [0, 0.1) is 10.1 Å². The van der Waals surface area contributed by atoms with E-state index in [2.05, 4.69) is 5.32 Å². The summed E-state index contributed by atoms with van der Waals surface area (Å²) in [5.41, 5.74) is -0.448. The van der Waals surface area contributed by atoms with Crippen molar-refractivity contribution >= 4 is 17.7 Å². The molecule has 1 heterocycles. The highest BCUT2D eigenvalue weighted by molar-refractivity contribution is 6.01. The molecule has 134 valence electrons. The van der Waals surface area contributed by atoms with Crippen molar-refractivity contribution in [2.75, 3.05) is 6.61 Å². The van der Waals surface area contributed by atoms with E-state index in [1.165, 1.54) is 37.3 Å². The number of β-lactam (4-membered cyclic amide) rings is 1. The van der Waals surface area contributed by atoms with Crippen molar-refractivity contribution in [1.82, 2.24) is 5.32 Å². The van der Waals surface area contributed by atoms with Crippen LogP contribution in [0.4, 0.5) is 10.5 Å². The van der Waals surface area contributed by atoms with Crippen LogP contribution in [-0.2, 0) is 16.0 Å². The predicted octanol–water partition coefficient (Wildman–Crippen LogP) is 1.40. The molecule has 9 heteroatoms. The number of hydrogen-bond donors (Lipinski definition) is 3. The fraction of sp³-hybridized carbons (Fsp3) is 0.375. The van der Waals surface area contributed by atoms with Crippen molar-refractivity contribution in [1.29, 1.82) is 0 Å². The quantitative estimate of drug-likeness (QED) is 0.222. The van der Waals surface area contributed by atoms with E-state index in [0.717, 1.165) is 0 Å². The summed E-state index contributed by atoms with van der Waals surface area (Å²) in [6.07, 6.45) is 0.347. The van der Waals surface area contributed by atoms with Gasteiger partial charge in [0.15, 0.2) is 0 Å². The minimum absolute atomic E-state index is 0.0793. The summed E-state index contributed by atoms with van der Waals surface area (Å²) in [4.78, 5) is 32.9. The number of non-ortho nitro benzene ring substituents is 1. The van der Waals surface area contributed by atoms with Gasteiger partial charge >= 0.3 is 6.16 Å². The number of ether oxygens (including phenoxy) is 1. The second kappa shape index (κ2) is 7.31. The minimum atomic E-state index is -1.50. The number of aliphatic hydroxyl groups excluding tert-OH is 1. The van der Waals surface area contributed by atoms with Crippen LogP contribution in [0.25, 0.3) is 0 Å². The van der Waals surface area contributed by atoms with Crippen LogP contribution in [0.5, 0.6) is 0 Å². The lowest BCUT2D eigenvalue weighted by Gasteiger charge is -2.34. The van der Waals surface area contributed by atoms with Gasteiger partial charge in [0.25, 0.3) is 5.69 Å². The van der Waals surface area contributed by atoms with E-state index in [1.807, 2.05) is 0 Å². The van der Waals surface area contributed by atoms with Gasteiger partial charge in [-0.15, -0.1) is 0 Å². The molecule has 9 nitrogen and oxygen atoms in total. The molecule has 0 radical (unpaired) electrons. The number of nitrogens with one attached hydrogen (secondary N) is 1. The van der Waals surface area contributed by atoms with Gasteiger partial charge in [0, 0.05) is 30.7 Å². The van der Waals surface area contributed by atoms with Crippen molar-refractivity contribution in [3.63, 3.8) is 0 Å². The summed E-state index contributed by atoms with van der Waals surface area (Å²) < 4.78 is 4.96. The fourth-order valence-corrected chi connectivity index (χ4v) is 2.71. The zero-order valence-corrected chi connectivity index (χ0v) is 13.5. The molecule has 1 amide bonds. The number of carbonyl (C=O) groups is 2. The summed E-state index contributed by atoms with van der Waals surface area (Å²) in [5.74, 6) is -0.345. The number of nitro benzene ring substituents is 1. The first kappa shape index (κ1) is 18.4. The lowest BCUT2D eigenvalue weighted by molar-refractivity contribution is -0.384. The van der Waals surface area contributed by atoms with Crippen LogP contribution in [-0.4, -0.2) is 45.4 Å². The lowest BCUT2D eigenvalue weighted by atomic mass is 9.87. The van der Waals surface area contributed by atoms with Crippen molar-refractivity contribution in [2.45, 2.75) is 31.4 Å². The number of hydrogen-bond acceptors (Lipinski definition) is 6. The molecule has 0 saturated carbocycles. The van der Waals surface area contributed by atoms with E-state index < -0.39 is 16.7 Å². The molecule has 1 saturated heterocycles. The number of carboxylic acid groups (broad SMARTS) is 1. The SMILES string of the molecule is CC(/C=C1/C(=O)N[C@@H]1CCO)(Cc1ccc([N+](=O)[O-])cc1)OC(=O)O. The van der Waals surface area contributed by atoms with Gasteiger partial charge in [0.2, 0.25) is 5.91 Å². The second-order valence-corrected chi connectivity index (χ2v) is 5.92. The van der Waals surface area contributed by atoms with E-state index in [-0.39, 0.29) is 30.7 Å². The first-order valence-electron chi connectivity index (χ1n) is 7.54. The van der Waals surface area contributed by atoms with Crippen LogP contribution < -0.4 is 5.32 Å². The van der Waals surface area contributed by atoms with Gasteiger partial charge in [-0.25, -0.2) is 4.79 Å². The molecule has 0 spiro atoms. The summed E-state index contributed by atoms with van der Waals surface area (Å²) in [7, 11) is 0. The Morgan fingerprint density at radius 2 is 2.08 bits per heavy atom. The number of aliphatic hydroxyl groups is 1. The van der Waals surface area contributed by atoms with Crippen LogP contribution in [0.2, 0.25) is 0 Å². The summed E-state index contributed by atoms with van der Waals surface area (Å²) in [6, 6.07) is 5.28. The number of rotatable bonds is 7. The molecular formula is C16H18N2O7. The lowest BCUT2D eigenvalue weighted by Crippen LogP contribution is -2.53. The van der Waals surface area contributed by atoms with Crippen LogP contribution in [0.3, 0.4) is 0 Å². The monoisotopic (exact) mass is 350 g/mol. The Morgan fingerprint density at radius 1 is 1.44 bits per heavy atom. The van der Waals surface area contributed by atoms with Crippen LogP contribution in [0.15, 0.2) is 35.9 Å². The molecule has 0 bridgehead atoms. The average molecular weight is 350 g/mol. The third-order valence-electron chi connectivity index (χ3n) is 3.84. The Hall–Kier alpha value is -2.94. The van der Waals surface area contributed by atoms with E-state index in [1.54, 1.807) is 0 Å². The standard InChI is InChI=1S/C16H18N2O7/c1-16(25-15(21)22,9-12-13(6-7-19)17-14(12)20)8-10-2-4-11(5-3-10)18(23)24/h2-5,9,13,19H,6-8H2,1H3,(H,17,20)(H,21,22)/b12-9+/t13-,16?/m1/s1. The zero-order chi connectivity index (χ0) is 18.6. The third kappa shape index (κ3) is 4.54. The molecule has 3 N–H and O–H groups in total. The first-order valence-corrected chi connectivity index (χ1v) is 7.54. The molecule has 1 unspecified atom stereocenters. The minimum Gasteiger partial charge on any atom is -0.450 e. The highest BCUT2D eigenvalue weighted by Crippen LogP contribution is 2.27. The molecule has 2 atom stereocenters. The van der Waals surface area contributed by atoms with Crippen molar-refractivity contribution in [3.8, 4) is 0 Å². The van der Waals surface area contributed by atoms with Crippen molar-refractivity contribution in [2.24, 2.45) is 0 Å². The Bertz CT molecular complexity index is 714. The van der Waals surface area contributed by atoms with Crippen molar-refractivity contribution in [3.05, 3.63) is 51.6 Å². The van der Waals surface area contributed by atoms with Crippen molar-refractivity contribution < 1.29 is 29.5 Å². The number of benzene rings is 1. The highest BCUT2D eigenvalue weighted by atomic mass is 16.7. The zero-order valence-electron chi connectivity index (χ0n) is 13.5. The molecule has 1 aliphatic heterocycles. The first-order chi connectivity index (χ1) is 11.7. The molecular weight excluding hydrogens is 332 g/mol. The van der Waals surface area contributed by atoms with E-state index in [0.29, 0.717) is 17.6 Å². The Balaban J connectivity index is 2.26. The normalized spacial score (nSPS) is 20.3. The summed E-state index contributed by atoms with van der Waals surface area (Å²) >= 11 is 0.